The summed E-state index contributed by atoms with van der Waals surface area (Å²) in [6.07, 6.45) is 2.93. The quantitative estimate of drug-likeness (QED) is 0.282. The van der Waals surface area contributed by atoms with E-state index < -0.39 is 11.6 Å². The summed E-state index contributed by atoms with van der Waals surface area (Å²) in [7, 11) is 0. The summed E-state index contributed by atoms with van der Waals surface area (Å²) in [6.45, 7) is 3.66. The molecule has 228 valence electrons. The molecule has 3 saturated heterocycles. The molecule has 3 atom stereocenters. The van der Waals surface area contributed by atoms with Crippen molar-refractivity contribution in [2.75, 3.05) is 50.0 Å². The highest BCUT2D eigenvalue weighted by atomic mass is 32.1. The molecule has 3 unspecified atom stereocenters. The van der Waals surface area contributed by atoms with Crippen LogP contribution in [0.5, 0.6) is 6.01 Å². The normalized spacial score (nSPS) is 22.9. The monoisotopic (exact) mass is 619 g/mol. The van der Waals surface area contributed by atoms with Crippen LogP contribution in [0.1, 0.15) is 36.0 Å². The average molecular weight is 620 g/mol. The number of aliphatic hydroxyl groups excluding tert-OH is 1. The molecule has 0 aliphatic carbocycles. The molecule has 8 rings (SSSR count). The van der Waals surface area contributed by atoms with Crippen LogP contribution in [0, 0.1) is 23.0 Å². The van der Waals surface area contributed by atoms with E-state index in [0.717, 1.165) is 44.5 Å². The second-order valence-corrected chi connectivity index (χ2v) is 13.0. The van der Waals surface area contributed by atoms with E-state index in [9.17, 15) is 10.4 Å². The van der Waals surface area contributed by atoms with Crippen molar-refractivity contribution in [2.24, 2.45) is 0 Å². The molecule has 4 aliphatic heterocycles. The third-order valence-corrected chi connectivity index (χ3v) is 10.6. The van der Waals surface area contributed by atoms with Crippen molar-refractivity contribution in [3.05, 3.63) is 40.5 Å². The number of halogens is 2. The fraction of sp³-hybridized carbons (Fsp3) is 0.452. The lowest BCUT2D eigenvalue weighted by Gasteiger charge is -2.54. The van der Waals surface area contributed by atoms with Crippen molar-refractivity contribution in [3.8, 4) is 23.2 Å². The standard InChI is InChI=1S/C31H31F2N7O3S/c32-21-3-4-22-23(18(9-34)29(35)44-22)26(21)24-19-13-42-14-20(19)25-28(27(24)33)37-31(43-12-15-2-1-5-39(15)6-7-41)38-30(25)40-16-8-17(40)11-36-10-16/h3-4,15-17,36,41H,1-2,5-8,10-14,35H2. The van der Waals surface area contributed by atoms with Gasteiger partial charge in [0, 0.05) is 59.0 Å². The molecule has 3 fully saturated rings. The second kappa shape index (κ2) is 10.7. The van der Waals surface area contributed by atoms with E-state index in [-0.39, 0.29) is 71.2 Å². The molecular formula is C31H31F2N7O3S. The lowest BCUT2D eigenvalue weighted by atomic mass is 9.86. The van der Waals surface area contributed by atoms with Crippen molar-refractivity contribution in [1.29, 1.82) is 5.26 Å². The first-order chi connectivity index (χ1) is 21.5. The number of piperidine rings is 1. The molecule has 13 heteroatoms. The van der Waals surface area contributed by atoms with Crippen molar-refractivity contribution in [1.82, 2.24) is 20.2 Å². The number of nitriles is 1. The van der Waals surface area contributed by atoms with E-state index in [1.807, 2.05) is 0 Å². The summed E-state index contributed by atoms with van der Waals surface area (Å²) in [5.41, 5.74) is 7.59. The number of aliphatic hydroxyl groups is 1. The molecule has 2 aromatic carbocycles. The van der Waals surface area contributed by atoms with Crippen LogP contribution in [0.2, 0.25) is 0 Å². The third-order valence-electron chi connectivity index (χ3n) is 9.58. The lowest BCUT2D eigenvalue weighted by Crippen LogP contribution is -2.68. The Morgan fingerprint density at radius 2 is 1.98 bits per heavy atom. The van der Waals surface area contributed by atoms with Crippen LogP contribution in [0.25, 0.3) is 32.1 Å². The Morgan fingerprint density at radius 3 is 2.75 bits per heavy atom. The Hall–Kier alpha value is -3.67. The number of nitrogens with zero attached hydrogens (tertiary/aromatic N) is 5. The Morgan fingerprint density at radius 1 is 1.16 bits per heavy atom. The summed E-state index contributed by atoms with van der Waals surface area (Å²) < 4.78 is 45.7. The summed E-state index contributed by atoms with van der Waals surface area (Å²) in [5.74, 6) is -0.752. The van der Waals surface area contributed by atoms with Crippen LogP contribution < -0.4 is 20.7 Å². The molecular weight excluding hydrogens is 588 g/mol. The molecule has 44 heavy (non-hydrogen) atoms. The minimum Gasteiger partial charge on any atom is -0.462 e. The number of hydrogen-bond acceptors (Lipinski definition) is 11. The first-order valence-corrected chi connectivity index (χ1v) is 15.8. The summed E-state index contributed by atoms with van der Waals surface area (Å²) in [5, 5.41) is 23.9. The number of ether oxygens (including phenoxy) is 2. The molecule has 2 bridgehead atoms. The van der Waals surface area contributed by atoms with E-state index in [1.54, 1.807) is 6.07 Å². The Kier molecular flexibility index (Phi) is 6.80. The number of aromatic nitrogens is 2. The molecule has 4 aliphatic rings. The number of likely N-dealkylation sites (tertiary alicyclic amines) is 1. The SMILES string of the molecule is N#Cc1c(N)sc2ccc(F)c(-c3c4c(c5c(N6C7CNCC6C7)nc(OCC6CCCN6CCO)nc5c3F)COC4)c12. The van der Waals surface area contributed by atoms with Gasteiger partial charge in [0.2, 0.25) is 0 Å². The van der Waals surface area contributed by atoms with Gasteiger partial charge >= 0.3 is 6.01 Å². The van der Waals surface area contributed by atoms with Crippen LogP contribution in [0.4, 0.5) is 19.6 Å². The number of benzene rings is 2. The molecule has 4 N–H and O–H groups in total. The second-order valence-electron chi connectivity index (χ2n) is 11.9. The van der Waals surface area contributed by atoms with Gasteiger partial charge in [-0.2, -0.15) is 15.2 Å². The number of piperazine rings is 1. The molecule has 0 radical (unpaired) electrons. The fourth-order valence-corrected chi connectivity index (χ4v) is 8.48. The number of hydrogen-bond donors (Lipinski definition) is 3. The zero-order chi connectivity index (χ0) is 30.1. The highest BCUT2D eigenvalue weighted by molar-refractivity contribution is 7.23. The van der Waals surface area contributed by atoms with Crippen LogP contribution in [0.15, 0.2) is 12.1 Å². The predicted octanol–water partition coefficient (Wildman–Crippen LogP) is 3.66. The molecule has 0 saturated carbocycles. The van der Waals surface area contributed by atoms with E-state index in [0.29, 0.717) is 40.0 Å². The first kappa shape index (κ1) is 27.8. The topological polar surface area (TPSA) is 133 Å². The maximum Gasteiger partial charge on any atom is 0.319 e. The molecule has 10 nitrogen and oxygen atoms in total. The molecule has 0 amide bonds. The number of fused-ring (bicyclic) bond motifs is 6. The van der Waals surface area contributed by atoms with Crippen molar-refractivity contribution in [2.45, 2.75) is 50.6 Å². The van der Waals surface area contributed by atoms with Gasteiger partial charge in [0.1, 0.15) is 34.8 Å². The minimum absolute atomic E-state index is 0.00796. The Balaban J connectivity index is 1.34. The Labute approximate surface area is 256 Å². The average Bonchev–Trinajstić information content (AvgIpc) is 3.76. The van der Waals surface area contributed by atoms with Crippen molar-refractivity contribution in [3.63, 3.8) is 0 Å². The van der Waals surface area contributed by atoms with Gasteiger partial charge in [-0.25, -0.2) is 8.78 Å². The highest BCUT2D eigenvalue weighted by Crippen LogP contribution is 2.49. The zero-order valence-corrected chi connectivity index (χ0v) is 24.7. The maximum atomic E-state index is 17.2. The molecule has 2 aromatic heterocycles. The number of nitrogens with two attached hydrogens (primary N) is 1. The first-order valence-electron chi connectivity index (χ1n) is 15.0. The Bertz CT molecular complexity index is 1850. The molecule has 4 aromatic rings. The van der Waals surface area contributed by atoms with E-state index in [4.69, 9.17) is 20.2 Å². The van der Waals surface area contributed by atoms with Gasteiger partial charge < -0.3 is 30.5 Å². The zero-order valence-electron chi connectivity index (χ0n) is 23.9. The molecule has 6 heterocycles. The summed E-state index contributed by atoms with van der Waals surface area (Å²) in [6, 6.07) is 5.50. The predicted molar refractivity (Wildman–Crippen MR) is 163 cm³/mol. The number of anilines is 2. The van der Waals surface area contributed by atoms with E-state index in [2.05, 4.69) is 26.2 Å². The smallest absolute Gasteiger partial charge is 0.319 e. The van der Waals surface area contributed by atoms with Gasteiger partial charge in [0.25, 0.3) is 0 Å². The highest BCUT2D eigenvalue weighted by Gasteiger charge is 2.44. The van der Waals surface area contributed by atoms with Crippen LogP contribution >= 0.6 is 11.3 Å². The fourth-order valence-electron chi connectivity index (χ4n) is 7.55. The third kappa shape index (κ3) is 4.16. The van der Waals surface area contributed by atoms with E-state index in [1.165, 1.54) is 17.4 Å². The van der Waals surface area contributed by atoms with Gasteiger partial charge in [0.05, 0.1) is 30.8 Å². The molecule has 0 spiro atoms. The van der Waals surface area contributed by atoms with Gasteiger partial charge in [-0.3, -0.25) is 4.90 Å². The van der Waals surface area contributed by atoms with Gasteiger partial charge in [-0.1, -0.05) is 0 Å². The van der Waals surface area contributed by atoms with E-state index >= 15 is 8.78 Å². The largest absolute Gasteiger partial charge is 0.462 e. The summed E-state index contributed by atoms with van der Waals surface area (Å²) in [4.78, 5) is 13.9. The van der Waals surface area contributed by atoms with Gasteiger partial charge in [-0.05, 0) is 49.1 Å². The lowest BCUT2D eigenvalue weighted by molar-refractivity contribution is 0.135. The van der Waals surface area contributed by atoms with Crippen LogP contribution in [0.3, 0.4) is 0 Å². The van der Waals surface area contributed by atoms with Crippen LogP contribution in [-0.2, 0) is 18.0 Å². The number of β-amino-alcohol motifs (C(OH)–C–C–N with tert-alkyl or cyclic N) is 1. The summed E-state index contributed by atoms with van der Waals surface area (Å²) >= 11 is 1.17. The number of thiophene rings is 1. The maximum absolute atomic E-state index is 17.2. The van der Waals surface area contributed by atoms with Gasteiger partial charge in [-0.15, -0.1) is 11.3 Å². The van der Waals surface area contributed by atoms with Crippen molar-refractivity contribution < 1.29 is 23.4 Å². The van der Waals surface area contributed by atoms with Crippen LogP contribution in [-0.4, -0.2) is 77.5 Å². The number of rotatable bonds is 7. The number of nitrogen functional groups attached to an aromatic ring is 1. The minimum atomic E-state index is -0.704. The van der Waals surface area contributed by atoms with Crippen molar-refractivity contribution >= 4 is 43.1 Å². The van der Waals surface area contributed by atoms with Gasteiger partial charge in [0.15, 0.2) is 5.82 Å². The number of nitrogens with one attached hydrogen (secondary N) is 1.